The summed E-state index contributed by atoms with van der Waals surface area (Å²) in [6.07, 6.45) is 5.89. The Balaban J connectivity index is 1.47. The Morgan fingerprint density at radius 2 is 1.71 bits per heavy atom. The number of rotatable bonds is 3. The van der Waals surface area contributed by atoms with Gasteiger partial charge in [-0.2, -0.15) is 0 Å². The van der Waals surface area contributed by atoms with Crippen molar-refractivity contribution in [3.63, 3.8) is 0 Å². The summed E-state index contributed by atoms with van der Waals surface area (Å²) in [5, 5.41) is 0. The average Bonchev–Trinajstić information content (AvgIpc) is 2.50. The lowest BCUT2D eigenvalue weighted by Crippen LogP contribution is -3.29. The van der Waals surface area contributed by atoms with Crippen LogP contribution in [0, 0.1) is 12.8 Å². The first-order valence-corrected chi connectivity index (χ1v) is 8.94. The first-order valence-electron chi connectivity index (χ1n) is 8.94. The van der Waals surface area contributed by atoms with E-state index in [1.807, 2.05) is 4.90 Å². The van der Waals surface area contributed by atoms with E-state index in [9.17, 15) is 0 Å². The van der Waals surface area contributed by atoms with Crippen LogP contribution in [0.2, 0.25) is 0 Å². The first-order chi connectivity index (χ1) is 10.2. The van der Waals surface area contributed by atoms with E-state index in [1.54, 1.807) is 4.90 Å². The number of hydrogen-bond acceptors (Lipinski definition) is 0. The van der Waals surface area contributed by atoms with E-state index < -0.39 is 0 Å². The van der Waals surface area contributed by atoms with E-state index in [1.165, 1.54) is 69.5 Å². The molecule has 21 heavy (non-hydrogen) atoms. The standard InChI is InChI=1S/C19H30N2/c1-16-6-8-18(9-7-16)15-20-10-12-21(13-11-20)19-5-3-4-17(2)14-19/h6-9,17,19H,3-5,10-15H2,1-2H3/p+2/t17-,19-/m0/s1. The molecule has 0 amide bonds. The quantitative estimate of drug-likeness (QED) is 0.816. The summed E-state index contributed by atoms with van der Waals surface area (Å²) in [5.74, 6) is 0.967. The van der Waals surface area contributed by atoms with Gasteiger partial charge in [0, 0.05) is 12.0 Å². The highest BCUT2D eigenvalue weighted by molar-refractivity contribution is 5.20. The van der Waals surface area contributed by atoms with Gasteiger partial charge in [0.05, 0.1) is 6.04 Å². The summed E-state index contributed by atoms with van der Waals surface area (Å²) in [7, 11) is 0. The van der Waals surface area contributed by atoms with Crippen molar-refractivity contribution in [1.82, 2.24) is 0 Å². The Labute approximate surface area is 130 Å². The molecule has 1 heterocycles. The molecule has 2 fully saturated rings. The van der Waals surface area contributed by atoms with Crippen LogP contribution >= 0.6 is 0 Å². The Bertz CT molecular complexity index is 431. The zero-order valence-electron chi connectivity index (χ0n) is 13.8. The molecule has 0 bridgehead atoms. The lowest BCUT2D eigenvalue weighted by atomic mass is 9.86. The van der Waals surface area contributed by atoms with Crippen molar-refractivity contribution in [2.75, 3.05) is 26.2 Å². The molecule has 2 heteroatoms. The SMILES string of the molecule is Cc1ccc(C[NH+]2CC[NH+]([C@H]3CCC[C@H](C)C3)CC2)cc1. The minimum Gasteiger partial charge on any atom is -0.323 e. The van der Waals surface area contributed by atoms with Gasteiger partial charge in [-0.3, -0.25) is 0 Å². The van der Waals surface area contributed by atoms with E-state index in [0.717, 1.165) is 12.0 Å². The number of quaternary nitrogens is 2. The van der Waals surface area contributed by atoms with Crippen molar-refractivity contribution in [2.45, 2.75) is 52.1 Å². The number of nitrogens with one attached hydrogen (secondary N) is 2. The summed E-state index contributed by atoms with van der Waals surface area (Å²) in [6.45, 7) is 11.3. The predicted molar refractivity (Wildman–Crippen MR) is 87.7 cm³/mol. The van der Waals surface area contributed by atoms with Crippen LogP contribution < -0.4 is 9.80 Å². The summed E-state index contributed by atoms with van der Waals surface area (Å²) in [6, 6.07) is 10.1. The molecule has 2 aliphatic rings. The minimum atomic E-state index is 0.967. The van der Waals surface area contributed by atoms with Crippen LogP contribution in [0.15, 0.2) is 24.3 Å². The monoisotopic (exact) mass is 288 g/mol. The highest BCUT2D eigenvalue weighted by Gasteiger charge is 2.32. The third kappa shape index (κ3) is 4.08. The second-order valence-corrected chi connectivity index (χ2v) is 7.54. The van der Waals surface area contributed by atoms with E-state index in [2.05, 4.69) is 38.1 Å². The highest BCUT2D eigenvalue weighted by Crippen LogP contribution is 2.21. The molecule has 2 nitrogen and oxygen atoms in total. The topological polar surface area (TPSA) is 8.88 Å². The van der Waals surface area contributed by atoms with Gasteiger partial charge in [0.1, 0.15) is 32.7 Å². The van der Waals surface area contributed by atoms with Gasteiger partial charge in [-0.05, 0) is 25.7 Å². The maximum Gasteiger partial charge on any atom is 0.127 e. The lowest BCUT2D eigenvalue weighted by molar-refractivity contribution is -1.03. The molecular formula is C19H32N2+2. The number of aryl methyl sites for hydroxylation is 1. The lowest BCUT2D eigenvalue weighted by Gasteiger charge is -2.37. The smallest absolute Gasteiger partial charge is 0.127 e. The fourth-order valence-electron chi connectivity index (χ4n) is 4.31. The Hall–Kier alpha value is -0.860. The molecule has 3 rings (SSSR count). The van der Waals surface area contributed by atoms with Crippen LogP contribution in [0.1, 0.15) is 43.7 Å². The van der Waals surface area contributed by atoms with Crippen LogP contribution in [-0.4, -0.2) is 32.2 Å². The average molecular weight is 288 g/mol. The maximum atomic E-state index is 2.45. The highest BCUT2D eigenvalue weighted by atomic mass is 15.3. The van der Waals surface area contributed by atoms with E-state index in [-0.39, 0.29) is 0 Å². The molecule has 1 aliphatic carbocycles. The van der Waals surface area contributed by atoms with Crippen molar-refractivity contribution in [2.24, 2.45) is 5.92 Å². The normalized spacial score (nSPS) is 33.8. The van der Waals surface area contributed by atoms with Crippen molar-refractivity contribution < 1.29 is 9.80 Å². The molecule has 1 saturated heterocycles. The fraction of sp³-hybridized carbons (Fsp3) is 0.684. The van der Waals surface area contributed by atoms with Crippen molar-refractivity contribution >= 4 is 0 Å². The number of hydrogen-bond donors (Lipinski definition) is 2. The molecule has 1 aromatic rings. The zero-order chi connectivity index (χ0) is 14.7. The second-order valence-electron chi connectivity index (χ2n) is 7.54. The third-order valence-corrected chi connectivity index (χ3v) is 5.69. The Morgan fingerprint density at radius 3 is 2.38 bits per heavy atom. The largest absolute Gasteiger partial charge is 0.323 e. The van der Waals surface area contributed by atoms with Gasteiger partial charge >= 0.3 is 0 Å². The Morgan fingerprint density at radius 1 is 1.00 bits per heavy atom. The number of benzene rings is 1. The van der Waals surface area contributed by atoms with Crippen molar-refractivity contribution in [3.05, 3.63) is 35.4 Å². The molecule has 1 aromatic carbocycles. The molecular weight excluding hydrogens is 256 g/mol. The van der Waals surface area contributed by atoms with Crippen LogP contribution in [0.5, 0.6) is 0 Å². The predicted octanol–water partition coefficient (Wildman–Crippen LogP) is 0.857. The van der Waals surface area contributed by atoms with Gasteiger partial charge in [-0.15, -0.1) is 0 Å². The molecule has 116 valence electrons. The number of piperazine rings is 1. The molecule has 2 atom stereocenters. The fourth-order valence-corrected chi connectivity index (χ4v) is 4.31. The van der Waals surface area contributed by atoms with Crippen LogP contribution in [0.3, 0.4) is 0 Å². The van der Waals surface area contributed by atoms with Gasteiger partial charge in [-0.1, -0.05) is 43.2 Å². The second kappa shape index (κ2) is 6.93. The van der Waals surface area contributed by atoms with Gasteiger partial charge < -0.3 is 9.80 Å². The summed E-state index contributed by atoms with van der Waals surface area (Å²) >= 11 is 0. The molecule has 0 aromatic heterocycles. The van der Waals surface area contributed by atoms with Crippen LogP contribution in [0.25, 0.3) is 0 Å². The third-order valence-electron chi connectivity index (χ3n) is 5.69. The van der Waals surface area contributed by atoms with E-state index in [0.29, 0.717) is 0 Å². The zero-order valence-corrected chi connectivity index (χ0v) is 13.8. The molecule has 0 radical (unpaired) electrons. The molecule has 0 unspecified atom stereocenters. The van der Waals surface area contributed by atoms with Crippen molar-refractivity contribution in [3.8, 4) is 0 Å². The summed E-state index contributed by atoms with van der Waals surface area (Å²) < 4.78 is 0. The van der Waals surface area contributed by atoms with Crippen molar-refractivity contribution in [1.29, 1.82) is 0 Å². The summed E-state index contributed by atoms with van der Waals surface area (Å²) in [5.41, 5.74) is 2.87. The maximum absolute atomic E-state index is 2.45. The Kier molecular flexibility index (Phi) is 4.97. The minimum absolute atomic E-state index is 0.967. The molecule has 0 spiro atoms. The van der Waals surface area contributed by atoms with Gasteiger partial charge in [0.25, 0.3) is 0 Å². The van der Waals surface area contributed by atoms with Crippen LogP contribution in [-0.2, 0) is 6.54 Å². The van der Waals surface area contributed by atoms with Gasteiger partial charge in [0.2, 0.25) is 0 Å². The molecule has 2 N–H and O–H groups in total. The van der Waals surface area contributed by atoms with Gasteiger partial charge in [-0.25, -0.2) is 0 Å². The van der Waals surface area contributed by atoms with E-state index >= 15 is 0 Å². The first kappa shape index (κ1) is 15.1. The van der Waals surface area contributed by atoms with Crippen LogP contribution in [0.4, 0.5) is 0 Å². The molecule has 1 aliphatic heterocycles. The van der Waals surface area contributed by atoms with E-state index in [4.69, 9.17) is 0 Å². The molecule has 1 saturated carbocycles. The summed E-state index contributed by atoms with van der Waals surface area (Å²) in [4.78, 5) is 3.70. The van der Waals surface area contributed by atoms with Gasteiger partial charge in [0.15, 0.2) is 0 Å².